The van der Waals surface area contributed by atoms with Gasteiger partial charge in [0.25, 0.3) is 0 Å². The van der Waals surface area contributed by atoms with E-state index in [4.69, 9.17) is 14.5 Å². The molecule has 1 spiro atoms. The summed E-state index contributed by atoms with van der Waals surface area (Å²) in [6.07, 6.45) is 11.7. The first-order valence-electron chi connectivity index (χ1n) is 13.2. The van der Waals surface area contributed by atoms with Crippen LogP contribution in [-0.2, 0) is 12.8 Å². The summed E-state index contributed by atoms with van der Waals surface area (Å²) in [4.78, 5) is 7.73. The molecule has 2 aromatic rings. The van der Waals surface area contributed by atoms with Gasteiger partial charge in [0.05, 0.1) is 19.2 Å². The van der Waals surface area contributed by atoms with Crippen molar-refractivity contribution in [1.29, 1.82) is 0 Å². The highest BCUT2D eigenvalue weighted by atomic mass is 16.5. The molecule has 33 heavy (non-hydrogen) atoms. The van der Waals surface area contributed by atoms with Crippen LogP contribution in [0, 0.1) is 17.3 Å². The summed E-state index contributed by atoms with van der Waals surface area (Å²) < 4.78 is 12.0. The van der Waals surface area contributed by atoms with E-state index in [0.29, 0.717) is 11.3 Å². The Morgan fingerprint density at radius 1 is 1.15 bits per heavy atom. The second kappa shape index (κ2) is 8.65. The Morgan fingerprint density at radius 2 is 2.03 bits per heavy atom. The summed E-state index contributed by atoms with van der Waals surface area (Å²) in [6, 6.07) is 4.26. The van der Waals surface area contributed by atoms with Gasteiger partial charge >= 0.3 is 0 Å². The van der Waals surface area contributed by atoms with E-state index in [2.05, 4.69) is 29.3 Å². The van der Waals surface area contributed by atoms with E-state index in [1.807, 2.05) is 0 Å². The molecule has 0 amide bonds. The first kappa shape index (κ1) is 21.5. The molecule has 1 aromatic carbocycles. The highest BCUT2D eigenvalue weighted by Crippen LogP contribution is 2.48. The molecule has 178 valence electrons. The van der Waals surface area contributed by atoms with Crippen LogP contribution in [0.5, 0.6) is 11.5 Å². The average Bonchev–Trinajstić information content (AvgIpc) is 3.38. The van der Waals surface area contributed by atoms with E-state index >= 15 is 0 Å². The number of likely N-dealkylation sites (tertiary alicyclic amines) is 1. The number of methoxy groups -OCH3 is 1. The SMILES string of the molecule is COc1cc2c(NCC3CC3)c3c(nc2cc1OCCCN1CCC2(CCC2)C1)CC(C)C3. The van der Waals surface area contributed by atoms with Crippen LogP contribution in [0.4, 0.5) is 5.69 Å². The van der Waals surface area contributed by atoms with E-state index < -0.39 is 0 Å². The summed E-state index contributed by atoms with van der Waals surface area (Å²) in [5, 5.41) is 4.98. The first-order valence-corrected chi connectivity index (χ1v) is 13.2. The smallest absolute Gasteiger partial charge is 0.163 e. The van der Waals surface area contributed by atoms with Crippen LogP contribution >= 0.6 is 0 Å². The molecular weight excluding hydrogens is 410 g/mol. The quantitative estimate of drug-likeness (QED) is 0.516. The van der Waals surface area contributed by atoms with Crippen molar-refractivity contribution in [3.8, 4) is 11.5 Å². The van der Waals surface area contributed by atoms with Crippen LogP contribution in [0.1, 0.15) is 63.1 Å². The second-order valence-electron chi connectivity index (χ2n) is 11.4. The molecule has 1 aromatic heterocycles. The minimum atomic E-state index is 0.660. The Kier molecular flexibility index (Phi) is 5.64. The number of rotatable bonds is 9. The molecule has 2 heterocycles. The van der Waals surface area contributed by atoms with Gasteiger partial charge in [-0.2, -0.15) is 0 Å². The molecule has 5 heteroatoms. The Hall–Kier alpha value is -2.01. The Bertz CT molecular complexity index is 1030. The van der Waals surface area contributed by atoms with E-state index in [-0.39, 0.29) is 0 Å². The highest BCUT2D eigenvalue weighted by Gasteiger charge is 2.42. The average molecular weight is 450 g/mol. The maximum Gasteiger partial charge on any atom is 0.163 e. The van der Waals surface area contributed by atoms with Crippen LogP contribution in [0.15, 0.2) is 12.1 Å². The first-order chi connectivity index (χ1) is 16.1. The molecule has 1 unspecified atom stereocenters. The lowest BCUT2D eigenvalue weighted by molar-refractivity contribution is 0.136. The minimum Gasteiger partial charge on any atom is -0.493 e. The molecule has 5 nitrogen and oxygen atoms in total. The molecule has 0 radical (unpaired) electrons. The van der Waals surface area contributed by atoms with E-state index in [9.17, 15) is 0 Å². The van der Waals surface area contributed by atoms with Crippen LogP contribution in [0.2, 0.25) is 0 Å². The molecule has 3 aliphatic carbocycles. The Morgan fingerprint density at radius 3 is 2.76 bits per heavy atom. The Balaban J connectivity index is 1.17. The number of anilines is 1. The second-order valence-corrected chi connectivity index (χ2v) is 11.4. The molecule has 1 atom stereocenters. The topological polar surface area (TPSA) is 46.6 Å². The molecule has 4 aliphatic rings. The molecule has 3 fully saturated rings. The number of aromatic nitrogens is 1. The zero-order valence-corrected chi connectivity index (χ0v) is 20.4. The highest BCUT2D eigenvalue weighted by molar-refractivity contribution is 5.96. The van der Waals surface area contributed by atoms with Crippen molar-refractivity contribution >= 4 is 16.6 Å². The van der Waals surface area contributed by atoms with Crippen molar-refractivity contribution in [3.63, 3.8) is 0 Å². The van der Waals surface area contributed by atoms with Crippen LogP contribution in [0.25, 0.3) is 10.9 Å². The predicted molar refractivity (Wildman–Crippen MR) is 134 cm³/mol. The van der Waals surface area contributed by atoms with Gasteiger partial charge in [-0.15, -0.1) is 0 Å². The molecular formula is C28H39N3O2. The lowest BCUT2D eigenvalue weighted by Gasteiger charge is -2.38. The number of hydrogen-bond acceptors (Lipinski definition) is 5. The number of benzene rings is 1. The van der Waals surface area contributed by atoms with E-state index in [1.54, 1.807) is 7.11 Å². The van der Waals surface area contributed by atoms with Crippen molar-refractivity contribution < 1.29 is 9.47 Å². The van der Waals surface area contributed by atoms with Gasteiger partial charge in [-0.1, -0.05) is 13.3 Å². The van der Waals surface area contributed by atoms with Gasteiger partial charge < -0.3 is 19.7 Å². The number of pyridine rings is 1. The monoisotopic (exact) mass is 449 g/mol. The van der Waals surface area contributed by atoms with E-state index in [0.717, 1.165) is 61.9 Å². The fourth-order valence-electron chi connectivity index (χ4n) is 6.32. The molecule has 2 saturated carbocycles. The number of hydrogen-bond donors (Lipinski definition) is 1. The number of nitrogens with one attached hydrogen (secondary N) is 1. The zero-order valence-electron chi connectivity index (χ0n) is 20.4. The van der Waals surface area contributed by atoms with Crippen molar-refractivity contribution in [1.82, 2.24) is 9.88 Å². The van der Waals surface area contributed by atoms with Gasteiger partial charge in [0.15, 0.2) is 11.5 Å². The number of ether oxygens (including phenoxy) is 2. The van der Waals surface area contributed by atoms with Crippen molar-refractivity contribution in [2.24, 2.45) is 17.3 Å². The zero-order chi connectivity index (χ0) is 22.4. The van der Waals surface area contributed by atoms with Crippen LogP contribution in [0.3, 0.4) is 0 Å². The van der Waals surface area contributed by atoms with Gasteiger partial charge in [-0.3, -0.25) is 4.98 Å². The fraction of sp³-hybridized carbons (Fsp3) is 0.679. The summed E-state index contributed by atoms with van der Waals surface area (Å²) in [5.41, 5.74) is 5.68. The van der Waals surface area contributed by atoms with Gasteiger partial charge in [0.1, 0.15) is 0 Å². The molecule has 1 aliphatic heterocycles. The predicted octanol–water partition coefficient (Wildman–Crippen LogP) is 5.44. The lowest BCUT2D eigenvalue weighted by Crippen LogP contribution is -2.33. The third kappa shape index (κ3) is 4.29. The Labute approximate surface area is 198 Å². The summed E-state index contributed by atoms with van der Waals surface area (Å²) in [6.45, 7) is 7.83. The number of fused-ring (bicyclic) bond motifs is 2. The fourth-order valence-corrected chi connectivity index (χ4v) is 6.32. The summed E-state index contributed by atoms with van der Waals surface area (Å²) in [5.74, 6) is 3.14. The minimum absolute atomic E-state index is 0.660. The van der Waals surface area contributed by atoms with Gasteiger partial charge in [0.2, 0.25) is 0 Å². The van der Waals surface area contributed by atoms with Crippen molar-refractivity contribution in [3.05, 3.63) is 23.4 Å². The molecule has 6 rings (SSSR count). The van der Waals surface area contributed by atoms with E-state index in [1.165, 1.54) is 73.9 Å². The van der Waals surface area contributed by atoms with Gasteiger partial charge in [0, 0.05) is 42.5 Å². The standard InChI is InChI=1S/C28H39N3O2/c1-19-13-21-23(14-19)30-24-16-26(25(32-2)15-22(24)27(21)29-17-20-5-6-20)33-12-4-10-31-11-9-28(18-31)7-3-8-28/h15-16,19-20H,3-14,17-18H2,1-2H3,(H,29,30). The van der Waals surface area contributed by atoms with Crippen molar-refractivity contribution in [2.45, 2.75) is 64.7 Å². The molecule has 0 bridgehead atoms. The van der Waals surface area contributed by atoms with Crippen LogP contribution in [-0.4, -0.2) is 49.8 Å². The normalized spacial score (nSPS) is 23.6. The number of nitrogens with zero attached hydrogens (tertiary/aromatic N) is 2. The summed E-state index contributed by atoms with van der Waals surface area (Å²) >= 11 is 0. The summed E-state index contributed by atoms with van der Waals surface area (Å²) in [7, 11) is 1.75. The maximum absolute atomic E-state index is 6.26. The van der Waals surface area contributed by atoms with Gasteiger partial charge in [-0.05, 0) is 86.8 Å². The molecule has 1 saturated heterocycles. The third-order valence-corrected chi connectivity index (χ3v) is 8.62. The third-order valence-electron chi connectivity index (χ3n) is 8.62. The van der Waals surface area contributed by atoms with Gasteiger partial charge in [-0.25, -0.2) is 0 Å². The van der Waals surface area contributed by atoms with Crippen LogP contribution < -0.4 is 14.8 Å². The largest absolute Gasteiger partial charge is 0.493 e. The molecule has 1 N–H and O–H groups in total. The van der Waals surface area contributed by atoms with Crippen molar-refractivity contribution in [2.75, 3.05) is 45.2 Å². The maximum atomic E-state index is 6.26. The lowest BCUT2D eigenvalue weighted by atomic mass is 9.68.